The van der Waals surface area contributed by atoms with E-state index in [1.165, 1.54) is 0 Å². The number of benzene rings is 1. The second-order valence-electron chi connectivity index (χ2n) is 3.02. The van der Waals surface area contributed by atoms with Gasteiger partial charge < -0.3 is 0 Å². The molecule has 0 radical (unpaired) electrons. The van der Waals surface area contributed by atoms with Crippen LogP contribution in [0.4, 0.5) is 0 Å². The fourth-order valence-electron chi connectivity index (χ4n) is 1.18. The Morgan fingerprint density at radius 2 is 2.40 bits per heavy atom. The largest absolute Gasteiger partial charge is 0.192 e. The van der Waals surface area contributed by atoms with E-state index in [9.17, 15) is 0 Å². The van der Waals surface area contributed by atoms with Gasteiger partial charge in [0, 0.05) is 11.5 Å². The van der Waals surface area contributed by atoms with Crippen molar-refractivity contribution in [2.75, 3.05) is 6.54 Å². The molecule has 0 heterocycles. The lowest BCUT2D eigenvalue weighted by molar-refractivity contribution is 1.22. The Kier molecular flexibility index (Phi) is 3.96. The van der Waals surface area contributed by atoms with E-state index in [4.69, 9.17) is 10.8 Å². The summed E-state index contributed by atoms with van der Waals surface area (Å²) in [6.45, 7) is 2.24. The molecule has 0 N–H and O–H groups in total. The van der Waals surface area contributed by atoms with E-state index < -0.39 is 0 Å². The van der Waals surface area contributed by atoms with Crippen LogP contribution in [0.15, 0.2) is 29.4 Å². The van der Waals surface area contributed by atoms with Crippen molar-refractivity contribution in [3.63, 3.8) is 0 Å². The van der Waals surface area contributed by atoms with E-state index in [0.717, 1.165) is 11.1 Å². The average molecular weight is 198 g/mol. The third kappa shape index (κ3) is 3.18. The Hall–Kier alpha value is -2.24. The lowest BCUT2D eigenvalue weighted by atomic mass is 10.1. The van der Waals surface area contributed by atoms with Crippen molar-refractivity contribution in [2.24, 2.45) is 5.11 Å². The molecule has 1 aromatic carbocycles. The quantitative estimate of drug-likeness (QED) is 0.417. The van der Waals surface area contributed by atoms with Crippen LogP contribution in [0, 0.1) is 18.3 Å². The van der Waals surface area contributed by atoms with Crippen LogP contribution in [-0.2, 0) is 0 Å². The lowest BCUT2D eigenvalue weighted by Gasteiger charge is -1.98. The van der Waals surface area contributed by atoms with Crippen LogP contribution in [0.5, 0.6) is 0 Å². The van der Waals surface area contributed by atoms with Crippen molar-refractivity contribution in [1.82, 2.24) is 0 Å². The lowest BCUT2D eigenvalue weighted by Crippen LogP contribution is -1.83. The summed E-state index contributed by atoms with van der Waals surface area (Å²) in [5.74, 6) is 0. The molecule has 0 amide bonds. The highest BCUT2D eigenvalue weighted by Crippen LogP contribution is 2.12. The van der Waals surface area contributed by atoms with Gasteiger partial charge in [-0.25, -0.2) is 0 Å². The highest BCUT2D eigenvalue weighted by Gasteiger charge is 1.97. The first-order valence-electron chi connectivity index (χ1n) is 4.46. The number of azide groups is 1. The van der Waals surface area contributed by atoms with E-state index >= 15 is 0 Å². The first-order chi connectivity index (χ1) is 7.27. The fourth-order valence-corrected chi connectivity index (χ4v) is 1.18. The van der Waals surface area contributed by atoms with E-state index in [-0.39, 0.29) is 0 Å². The Labute approximate surface area is 88.1 Å². The normalized spacial score (nSPS) is 9.60. The highest BCUT2D eigenvalue weighted by atomic mass is 15.1. The molecule has 0 atom stereocenters. The number of hydrogen-bond donors (Lipinski definition) is 0. The molecule has 0 bridgehead atoms. The Morgan fingerprint density at radius 1 is 1.60 bits per heavy atom. The molecule has 0 aliphatic heterocycles. The monoisotopic (exact) mass is 198 g/mol. The fraction of sp³-hybridized carbons (Fsp3) is 0.182. The summed E-state index contributed by atoms with van der Waals surface area (Å²) in [6.07, 6.45) is 3.51. The van der Waals surface area contributed by atoms with Crippen LogP contribution >= 0.6 is 0 Å². The third-order valence-electron chi connectivity index (χ3n) is 1.88. The summed E-state index contributed by atoms with van der Waals surface area (Å²) in [4.78, 5) is 2.63. The summed E-state index contributed by atoms with van der Waals surface area (Å²) in [5, 5.41) is 12.3. The summed E-state index contributed by atoms with van der Waals surface area (Å²) < 4.78 is 0. The number of nitrogens with zero attached hydrogens (tertiary/aromatic N) is 4. The van der Waals surface area contributed by atoms with Crippen molar-refractivity contribution < 1.29 is 0 Å². The predicted molar refractivity (Wildman–Crippen MR) is 58.9 cm³/mol. The molecule has 0 aliphatic rings. The summed E-state index contributed by atoms with van der Waals surface area (Å²) >= 11 is 0. The molecule has 0 saturated carbocycles. The van der Waals surface area contributed by atoms with Gasteiger partial charge >= 0.3 is 0 Å². The van der Waals surface area contributed by atoms with Crippen LogP contribution in [-0.4, -0.2) is 6.54 Å². The average Bonchev–Trinajstić information content (AvgIpc) is 2.26. The van der Waals surface area contributed by atoms with Crippen molar-refractivity contribution in [2.45, 2.75) is 6.92 Å². The topological polar surface area (TPSA) is 72.6 Å². The molecule has 74 valence electrons. The zero-order valence-corrected chi connectivity index (χ0v) is 8.38. The minimum absolute atomic E-state index is 0.301. The molecular weight excluding hydrogens is 188 g/mol. The van der Waals surface area contributed by atoms with Crippen LogP contribution in [0.1, 0.15) is 16.7 Å². The van der Waals surface area contributed by atoms with Crippen molar-refractivity contribution in [3.8, 4) is 6.07 Å². The van der Waals surface area contributed by atoms with Crippen LogP contribution in [0.25, 0.3) is 16.5 Å². The molecule has 4 heteroatoms. The molecule has 15 heavy (non-hydrogen) atoms. The second-order valence-corrected chi connectivity index (χ2v) is 3.02. The van der Waals surface area contributed by atoms with Gasteiger partial charge in [0.05, 0.1) is 11.6 Å². The molecule has 0 spiro atoms. The molecule has 0 saturated heterocycles. The van der Waals surface area contributed by atoms with Crippen molar-refractivity contribution >= 4 is 6.08 Å². The molecule has 0 fully saturated rings. The number of aryl methyl sites for hydroxylation is 1. The first-order valence-corrected chi connectivity index (χ1v) is 4.46. The SMILES string of the molecule is Cc1ccc(C=CCN=[N+]=[N-])c(C#N)c1. The molecule has 0 aliphatic carbocycles. The minimum Gasteiger partial charge on any atom is -0.192 e. The van der Waals surface area contributed by atoms with E-state index in [1.54, 1.807) is 12.2 Å². The van der Waals surface area contributed by atoms with Gasteiger partial charge in [-0.1, -0.05) is 29.4 Å². The maximum absolute atomic E-state index is 8.88. The Morgan fingerprint density at radius 3 is 3.07 bits per heavy atom. The molecule has 1 rings (SSSR count). The summed E-state index contributed by atoms with van der Waals surface area (Å²) in [5.41, 5.74) is 10.6. The summed E-state index contributed by atoms with van der Waals surface area (Å²) in [7, 11) is 0. The maximum atomic E-state index is 8.88. The van der Waals surface area contributed by atoms with Gasteiger partial charge in [0.1, 0.15) is 0 Å². The van der Waals surface area contributed by atoms with E-state index in [1.807, 2.05) is 25.1 Å². The van der Waals surface area contributed by atoms with Crippen molar-refractivity contribution in [1.29, 1.82) is 5.26 Å². The zero-order valence-electron chi connectivity index (χ0n) is 8.38. The molecule has 0 unspecified atom stereocenters. The number of rotatable bonds is 3. The van der Waals surface area contributed by atoms with Gasteiger partial charge in [-0.15, -0.1) is 0 Å². The highest BCUT2D eigenvalue weighted by molar-refractivity contribution is 5.58. The third-order valence-corrected chi connectivity index (χ3v) is 1.88. The van der Waals surface area contributed by atoms with Crippen molar-refractivity contribution in [3.05, 3.63) is 51.4 Å². The van der Waals surface area contributed by atoms with Crippen LogP contribution < -0.4 is 0 Å². The van der Waals surface area contributed by atoms with Gasteiger partial charge in [-0.3, -0.25) is 0 Å². The van der Waals surface area contributed by atoms with Gasteiger partial charge in [-0.05, 0) is 29.6 Å². The minimum atomic E-state index is 0.301. The summed E-state index contributed by atoms with van der Waals surface area (Å²) in [6, 6.07) is 7.76. The van der Waals surface area contributed by atoms with Crippen LogP contribution in [0.2, 0.25) is 0 Å². The zero-order chi connectivity index (χ0) is 11.1. The van der Waals surface area contributed by atoms with E-state index in [2.05, 4.69) is 16.1 Å². The van der Waals surface area contributed by atoms with Gasteiger partial charge in [-0.2, -0.15) is 5.26 Å². The molecule has 1 aromatic rings. The number of nitriles is 1. The molecule has 4 nitrogen and oxygen atoms in total. The predicted octanol–water partition coefficient (Wildman–Crippen LogP) is 3.19. The van der Waals surface area contributed by atoms with Crippen LogP contribution in [0.3, 0.4) is 0 Å². The molecular formula is C11H10N4. The first kappa shape index (κ1) is 10.8. The van der Waals surface area contributed by atoms with Gasteiger partial charge in [0.15, 0.2) is 0 Å². The molecule has 0 aromatic heterocycles. The van der Waals surface area contributed by atoms with Gasteiger partial charge in [0.25, 0.3) is 0 Å². The number of hydrogen-bond acceptors (Lipinski definition) is 2. The Balaban J connectivity index is 2.90. The second kappa shape index (κ2) is 5.48. The smallest absolute Gasteiger partial charge is 0.0998 e. The maximum Gasteiger partial charge on any atom is 0.0998 e. The Bertz CT molecular complexity index is 462. The standard InChI is InChI=1S/C11H10N4/c1-9-4-5-10(11(7-9)8-12)3-2-6-14-15-13/h2-5,7H,6H2,1H3. The van der Waals surface area contributed by atoms with E-state index in [0.29, 0.717) is 12.1 Å². The van der Waals surface area contributed by atoms with Gasteiger partial charge in [0.2, 0.25) is 0 Å².